The minimum atomic E-state index is -0.862. The summed E-state index contributed by atoms with van der Waals surface area (Å²) >= 11 is 0. The maximum atomic E-state index is 12.4. The summed E-state index contributed by atoms with van der Waals surface area (Å²) in [4.78, 5) is 76.4. The van der Waals surface area contributed by atoms with Crippen LogP contribution in [0.3, 0.4) is 0 Å². The number of unbranched alkanes of at least 4 members (excludes halogenated alkanes) is 1. The van der Waals surface area contributed by atoms with E-state index in [1.165, 1.54) is 18.2 Å². The Labute approximate surface area is 196 Å². The molecular formula is C24H25N3O7. The Morgan fingerprint density at radius 1 is 1.03 bits per heavy atom. The second-order valence-corrected chi connectivity index (χ2v) is 7.76. The Hall–Kier alpha value is -4.08. The Morgan fingerprint density at radius 3 is 2.35 bits per heavy atom. The van der Waals surface area contributed by atoms with Gasteiger partial charge in [0.1, 0.15) is 0 Å². The van der Waals surface area contributed by atoms with Gasteiger partial charge in [0.2, 0.25) is 5.91 Å². The van der Waals surface area contributed by atoms with Crippen LogP contribution in [-0.2, 0) is 40.0 Å². The van der Waals surface area contributed by atoms with E-state index in [0.29, 0.717) is 35.6 Å². The van der Waals surface area contributed by atoms with Crippen LogP contribution < -0.4 is 5.32 Å². The summed E-state index contributed by atoms with van der Waals surface area (Å²) in [6.45, 7) is 2.21. The quantitative estimate of drug-likeness (QED) is 0.316. The molecule has 0 aromatic heterocycles. The van der Waals surface area contributed by atoms with Gasteiger partial charge in [0.25, 0.3) is 23.6 Å². The topological polar surface area (TPSA) is 130 Å². The molecule has 0 bridgehead atoms. The number of rotatable bonds is 10. The number of nitrogens with zero attached hydrogens (tertiary/aromatic N) is 2. The number of anilines is 1. The molecule has 5 amide bonds. The normalized spacial score (nSPS) is 15.7. The van der Waals surface area contributed by atoms with Crippen molar-refractivity contribution in [1.82, 2.24) is 9.96 Å². The van der Waals surface area contributed by atoms with Gasteiger partial charge in [-0.05, 0) is 42.5 Å². The van der Waals surface area contributed by atoms with E-state index in [9.17, 15) is 28.8 Å². The summed E-state index contributed by atoms with van der Waals surface area (Å²) < 4.78 is 0. The summed E-state index contributed by atoms with van der Waals surface area (Å²) in [5, 5.41) is 3.34. The lowest BCUT2D eigenvalue weighted by atomic mass is 10.1. The number of carbonyl (C=O) groups is 6. The van der Waals surface area contributed by atoms with Gasteiger partial charge < -0.3 is 10.2 Å². The van der Waals surface area contributed by atoms with Crippen LogP contribution >= 0.6 is 0 Å². The van der Waals surface area contributed by atoms with Crippen molar-refractivity contribution in [3.05, 3.63) is 47.6 Å². The number of nitrogens with one attached hydrogen (secondary N) is 1. The molecule has 3 rings (SSSR count). The Balaban J connectivity index is 1.52. The largest absolute Gasteiger partial charge is 0.356 e. The second-order valence-electron chi connectivity index (χ2n) is 7.76. The van der Waals surface area contributed by atoms with E-state index in [0.717, 1.165) is 16.5 Å². The summed E-state index contributed by atoms with van der Waals surface area (Å²) in [7, 11) is 0. The lowest BCUT2D eigenvalue weighted by Crippen LogP contribution is -2.31. The van der Waals surface area contributed by atoms with Crippen LogP contribution in [0.25, 0.3) is 6.08 Å². The molecule has 0 spiro atoms. The smallest absolute Gasteiger partial charge is 0.326 e. The van der Waals surface area contributed by atoms with Crippen molar-refractivity contribution in [1.29, 1.82) is 0 Å². The lowest BCUT2D eigenvalue weighted by Gasteiger charge is -2.14. The number of hydroxylamine groups is 2. The van der Waals surface area contributed by atoms with Crippen molar-refractivity contribution in [3.8, 4) is 0 Å². The zero-order valence-electron chi connectivity index (χ0n) is 18.7. The van der Waals surface area contributed by atoms with Gasteiger partial charge in [0.15, 0.2) is 0 Å². The lowest BCUT2D eigenvalue weighted by molar-refractivity contribution is -0.193. The first-order valence-corrected chi connectivity index (χ1v) is 11.0. The van der Waals surface area contributed by atoms with Crippen LogP contribution in [0, 0.1) is 0 Å². The average molecular weight is 467 g/mol. The highest BCUT2D eigenvalue weighted by molar-refractivity contribution is 6.12. The van der Waals surface area contributed by atoms with Crippen LogP contribution in [0.2, 0.25) is 0 Å². The molecule has 10 heteroatoms. The van der Waals surface area contributed by atoms with Gasteiger partial charge >= 0.3 is 5.97 Å². The van der Waals surface area contributed by atoms with Gasteiger partial charge in [-0.3, -0.25) is 28.9 Å². The third-order valence-corrected chi connectivity index (χ3v) is 5.32. The molecule has 0 aliphatic carbocycles. The standard InChI is InChI=1S/C24H25N3O7/c1-2-17-8-6-16(7-13-24(33)34-27-22(31)11-12-23(27)32)15-18(17)25-19(28)5-3-4-14-26-20(29)9-10-21(26)30/h6-10,13,15H,2-5,11-12,14H2,1H3,(H,25,28)/b13-7+. The minimum absolute atomic E-state index is 0.0169. The first-order chi connectivity index (χ1) is 16.3. The molecule has 10 nitrogen and oxygen atoms in total. The Bertz CT molecular complexity index is 1060. The minimum Gasteiger partial charge on any atom is -0.326 e. The molecular weight excluding hydrogens is 442 g/mol. The molecule has 2 aliphatic heterocycles. The van der Waals surface area contributed by atoms with Crippen LogP contribution in [-0.4, -0.2) is 52.0 Å². The fourth-order valence-corrected chi connectivity index (χ4v) is 3.48. The first-order valence-electron chi connectivity index (χ1n) is 11.0. The third kappa shape index (κ3) is 6.25. The molecule has 1 saturated heterocycles. The van der Waals surface area contributed by atoms with Gasteiger partial charge in [-0.15, -0.1) is 5.06 Å². The number of imide groups is 2. The SMILES string of the molecule is CCc1ccc(/C=C/C(=O)ON2C(=O)CCC2=O)cc1NC(=O)CCCCN1C(=O)C=CC1=O. The van der Waals surface area contributed by atoms with E-state index in [4.69, 9.17) is 4.84 Å². The van der Waals surface area contributed by atoms with Gasteiger partial charge in [-0.1, -0.05) is 19.1 Å². The maximum Gasteiger partial charge on any atom is 0.356 e. The third-order valence-electron chi connectivity index (χ3n) is 5.32. The van der Waals surface area contributed by atoms with Gasteiger partial charge in [0.05, 0.1) is 0 Å². The van der Waals surface area contributed by atoms with E-state index in [1.807, 2.05) is 13.0 Å². The average Bonchev–Trinajstić information content (AvgIpc) is 3.30. The zero-order chi connectivity index (χ0) is 24.7. The summed E-state index contributed by atoms with van der Waals surface area (Å²) in [6, 6.07) is 5.30. The van der Waals surface area contributed by atoms with Crippen LogP contribution in [0.5, 0.6) is 0 Å². The fourth-order valence-electron chi connectivity index (χ4n) is 3.48. The van der Waals surface area contributed by atoms with Crippen molar-refractivity contribution in [2.75, 3.05) is 11.9 Å². The Kier molecular flexibility index (Phi) is 8.07. The van der Waals surface area contributed by atoms with Crippen molar-refractivity contribution in [3.63, 3.8) is 0 Å². The maximum absolute atomic E-state index is 12.4. The van der Waals surface area contributed by atoms with Crippen LogP contribution in [0.1, 0.15) is 50.2 Å². The number of aryl methyl sites for hydroxylation is 1. The number of carbonyl (C=O) groups excluding carboxylic acids is 6. The molecule has 0 atom stereocenters. The summed E-state index contributed by atoms with van der Waals surface area (Å²) in [5.74, 6) is -2.86. The summed E-state index contributed by atoms with van der Waals surface area (Å²) in [6.07, 6.45) is 6.96. The molecule has 1 aromatic carbocycles. The molecule has 0 unspecified atom stereocenters. The predicted molar refractivity (Wildman–Crippen MR) is 120 cm³/mol. The highest BCUT2D eigenvalue weighted by atomic mass is 16.7. The molecule has 1 fully saturated rings. The molecule has 178 valence electrons. The first kappa shape index (κ1) is 24.6. The zero-order valence-corrected chi connectivity index (χ0v) is 18.7. The highest BCUT2D eigenvalue weighted by Gasteiger charge is 2.32. The number of hydrogen-bond acceptors (Lipinski definition) is 7. The van der Waals surface area contributed by atoms with Crippen molar-refractivity contribution < 1.29 is 33.6 Å². The van der Waals surface area contributed by atoms with Crippen molar-refractivity contribution in [2.45, 2.75) is 45.4 Å². The second kappa shape index (κ2) is 11.2. The van der Waals surface area contributed by atoms with Crippen LogP contribution in [0.15, 0.2) is 36.4 Å². The van der Waals surface area contributed by atoms with Gasteiger partial charge in [-0.2, -0.15) is 0 Å². The summed E-state index contributed by atoms with van der Waals surface area (Å²) in [5.41, 5.74) is 2.12. The Morgan fingerprint density at radius 2 is 1.71 bits per heavy atom. The van der Waals surface area contributed by atoms with Crippen molar-refractivity contribution in [2.24, 2.45) is 0 Å². The molecule has 1 N–H and O–H groups in total. The number of amides is 5. The molecule has 0 radical (unpaired) electrons. The molecule has 2 heterocycles. The van der Waals surface area contributed by atoms with E-state index < -0.39 is 17.8 Å². The van der Waals surface area contributed by atoms with Crippen LogP contribution in [0.4, 0.5) is 5.69 Å². The number of hydrogen-bond donors (Lipinski definition) is 1. The fraction of sp³-hybridized carbons (Fsp3) is 0.333. The van der Waals surface area contributed by atoms with E-state index in [2.05, 4.69) is 5.32 Å². The number of benzene rings is 1. The highest BCUT2D eigenvalue weighted by Crippen LogP contribution is 2.20. The molecule has 34 heavy (non-hydrogen) atoms. The van der Waals surface area contributed by atoms with Gasteiger partial charge in [0, 0.05) is 49.7 Å². The predicted octanol–water partition coefficient (Wildman–Crippen LogP) is 1.90. The monoisotopic (exact) mass is 467 g/mol. The van der Waals surface area contributed by atoms with E-state index in [1.54, 1.807) is 12.1 Å². The molecule has 2 aliphatic rings. The van der Waals surface area contributed by atoms with Crippen molar-refractivity contribution >= 4 is 47.3 Å². The molecule has 1 aromatic rings. The van der Waals surface area contributed by atoms with Gasteiger partial charge in [-0.25, -0.2) is 4.79 Å². The van der Waals surface area contributed by atoms with E-state index >= 15 is 0 Å². The van der Waals surface area contributed by atoms with E-state index in [-0.39, 0.29) is 43.5 Å². The molecule has 0 saturated carbocycles.